The van der Waals surface area contributed by atoms with Crippen LogP contribution in [0.4, 0.5) is 4.39 Å². The summed E-state index contributed by atoms with van der Waals surface area (Å²) in [6.45, 7) is 0. The van der Waals surface area contributed by atoms with E-state index >= 15 is 0 Å². The number of carbonyl (C=O) groups is 1. The second-order valence-electron chi connectivity index (χ2n) is 3.20. The van der Waals surface area contributed by atoms with Gasteiger partial charge in [0, 0.05) is 12.1 Å². The molecule has 0 saturated carbocycles. The van der Waals surface area contributed by atoms with Gasteiger partial charge >= 0.3 is 0 Å². The maximum Gasteiger partial charge on any atom is 0.170 e. The van der Waals surface area contributed by atoms with E-state index < -0.39 is 0 Å². The minimum Gasteiger partial charge on any atom is -0.296 e. The number of rotatable bonds is 3. The van der Waals surface area contributed by atoms with Gasteiger partial charge in [0.05, 0.1) is 0 Å². The van der Waals surface area contributed by atoms with Crippen LogP contribution in [0.2, 0.25) is 0 Å². The van der Waals surface area contributed by atoms with Gasteiger partial charge in [-0.25, -0.2) is 4.39 Å². The number of halogens is 1. The molecular formula is C11H9FN2O. The summed E-state index contributed by atoms with van der Waals surface area (Å²) in [6.07, 6.45) is 1.06. The van der Waals surface area contributed by atoms with Crippen LogP contribution in [0.5, 0.6) is 0 Å². The predicted molar refractivity (Wildman–Crippen MR) is 53.2 cm³/mol. The molecule has 1 heterocycles. The zero-order chi connectivity index (χ0) is 10.7. The highest BCUT2D eigenvalue weighted by Gasteiger charge is 2.04. The number of hydrogen-bond donors (Lipinski definition) is 1. The van der Waals surface area contributed by atoms with Crippen LogP contribution < -0.4 is 0 Å². The van der Waals surface area contributed by atoms with Crippen molar-refractivity contribution in [2.24, 2.45) is 0 Å². The number of nitrogens with one attached hydrogen (secondary N) is 1. The topological polar surface area (TPSA) is 45.8 Å². The molecular weight excluding hydrogens is 195 g/mol. The lowest BCUT2D eigenvalue weighted by Gasteiger charge is -1.99. The fourth-order valence-electron chi connectivity index (χ4n) is 1.38. The first-order valence-corrected chi connectivity index (χ1v) is 4.52. The molecule has 0 aliphatic carbocycles. The van der Waals surface area contributed by atoms with Gasteiger partial charge in [-0.1, -0.05) is 18.2 Å². The van der Waals surface area contributed by atoms with E-state index in [1.54, 1.807) is 24.3 Å². The second-order valence-corrected chi connectivity index (χ2v) is 3.20. The van der Waals surface area contributed by atoms with Crippen LogP contribution in [0.3, 0.4) is 0 Å². The van der Waals surface area contributed by atoms with E-state index in [2.05, 4.69) is 10.2 Å². The summed E-state index contributed by atoms with van der Waals surface area (Å²) in [5.41, 5.74) is 1.64. The quantitative estimate of drug-likeness (QED) is 0.777. The van der Waals surface area contributed by atoms with Crippen molar-refractivity contribution in [1.82, 2.24) is 10.2 Å². The summed E-state index contributed by atoms with van der Waals surface area (Å²) in [4.78, 5) is 10.4. The van der Waals surface area contributed by atoms with Crippen LogP contribution >= 0.6 is 0 Å². The lowest BCUT2D eigenvalue weighted by Crippen LogP contribution is -1.92. The molecule has 0 amide bonds. The van der Waals surface area contributed by atoms with Crippen LogP contribution in [-0.4, -0.2) is 16.5 Å². The molecule has 0 atom stereocenters. The molecule has 0 unspecified atom stereocenters. The first-order chi connectivity index (χ1) is 7.29. The van der Waals surface area contributed by atoms with Crippen LogP contribution in [0.15, 0.2) is 30.3 Å². The number of nitrogens with zero attached hydrogens (tertiary/aromatic N) is 1. The Morgan fingerprint density at radius 1 is 1.40 bits per heavy atom. The average Bonchev–Trinajstić information content (AvgIpc) is 2.69. The smallest absolute Gasteiger partial charge is 0.170 e. The maximum absolute atomic E-state index is 13.3. The van der Waals surface area contributed by atoms with Crippen LogP contribution in [0, 0.1) is 5.82 Å². The Labute approximate surface area is 85.9 Å². The fourth-order valence-corrected chi connectivity index (χ4v) is 1.38. The second kappa shape index (κ2) is 4.04. The lowest BCUT2D eigenvalue weighted by atomic mass is 10.1. The number of H-pyrrole nitrogens is 1. The zero-order valence-electron chi connectivity index (χ0n) is 7.90. The van der Waals surface area contributed by atoms with E-state index in [1.807, 2.05) is 0 Å². The monoisotopic (exact) mass is 204 g/mol. The Morgan fingerprint density at radius 2 is 2.20 bits per heavy atom. The van der Waals surface area contributed by atoms with Crippen molar-refractivity contribution in [3.63, 3.8) is 0 Å². The van der Waals surface area contributed by atoms with Crippen molar-refractivity contribution in [2.45, 2.75) is 6.42 Å². The minimum absolute atomic E-state index is 0.250. The van der Waals surface area contributed by atoms with Crippen molar-refractivity contribution < 1.29 is 9.18 Å². The largest absolute Gasteiger partial charge is 0.296 e. The predicted octanol–water partition coefficient (Wildman–Crippen LogP) is 1.95. The highest BCUT2D eigenvalue weighted by molar-refractivity contribution is 5.71. The molecule has 0 saturated heterocycles. The molecule has 0 fully saturated rings. The molecule has 1 N–H and O–H groups in total. The number of benzene rings is 1. The molecule has 0 bridgehead atoms. The van der Waals surface area contributed by atoms with Crippen molar-refractivity contribution in [3.05, 3.63) is 53.1 Å². The highest BCUT2D eigenvalue weighted by atomic mass is 19.1. The van der Waals surface area contributed by atoms with Crippen LogP contribution in [0.1, 0.15) is 21.7 Å². The van der Waals surface area contributed by atoms with Gasteiger partial charge in [-0.15, -0.1) is 0 Å². The Bertz CT molecular complexity index is 479. The fraction of sp³-hybridized carbons (Fsp3) is 0.0909. The third-order valence-electron chi connectivity index (χ3n) is 2.11. The molecule has 2 rings (SSSR count). The zero-order valence-corrected chi connectivity index (χ0v) is 7.90. The summed E-state index contributed by atoms with van der Waals surface area (Å²) in [7, 11) is 0. The molecule has 76 valence electrons. The van der Waals surface area contributed by atoms with Crippen molar-refractivity contribution in [3.8, 4) is 0 Å². The lowest BCUT2D eigenvalue weighted by molar-refractivity contribution is 0.111. The molecule has 4 heteroatoms. The van der Waals surface area contributed by atoms with Gasteiger partial charge in [0.15, 0.2) is 6.29 Å². The molecule has 0 aliphatic rings. The van der Waals surface area contributed by atoms with E-state index in [1.165, 1.54) is 6.07 Å². The number of hydrogen-bond acceptors (Lipinski definition) is 2. The Kier molecular flexibility index (Phi) is 2.58. The first-order valence-electron chi connectivity index (χ1n) is 4.52. The van der Waals surface area contributed by atoms with Gasteiger partial charge in [0.1, 0.15) is 11.5 Å². The first kappa shape index (κ1) is 9.58. The van der Waals surface area contributed by atoms with Crippen molar-refractivity contribution >= 4 is 6.29 Å². The van der Waals surface area contributed by atoms with Crippen LogP contribution in [-0.2, 0) is 6.42 Å². The van der Waals surface area contributed by atoms with E-state index in [-0.39, 0.29) is 5.82 Å². The van der Waals surface area contributed by atoms with Crippen molar-refractivity contribution in [2.75, 3.05) is 0 Å². The number of carbonyl (C=O) groups excluding carboxylic acids is 1. The SMILES string of the molecule is O=Cc1cc(Cc2ccccc2F)[nH]n1. The normalized spacial score (nSPS) is 10.2. The molecule has 0 aliphatic heterocycles. The van der Waals surface area contributed by atoms with Gasteiger partial charge < -0.3 is 0 Å². The summed E-state index contributed by atoms with van der Waals surface area (Å²) < 4.78 is 13.3. The molecule has 2 aromatic rings. The third kappa shape index (κ3) is 2.10. The van der Waals surface area contributed by atoms with Gasteiger partial charge in [0.25, 0.3) is 0 Å². The minimum atomic E-state index is -0.250. The Morgan fingerprint density at radius 3 is 2.87 bits per heavy atom. The van der Waals surface area contributed by atoms with Gasteiger partial charge in [-0.05, 0) is 17.7 Å². The third-order valence-corrected chi connectivity index (χ3v) is 2.11. The van der Waals surface area contributed by atoms with Gasteiger partial charge in [-0.2, -0.15) is 5.10 Å². The van der Waals surface area contributed by atoms with Crippen LogP contribution in [0.25, 0.3) is 0 Å². The molecule has 0 spiro atoms. The van der Waals surface area contributed by atoms with E-state index in [0.29, 0.717) is 24.0 Å². The molecule has 3 nitrogen and oxygen atoms in total. The maximum atomic E-state index is 13.3. The molecule has 1 aromatic carbocycles. The summed E-state index contributed by atoms with van der Waals surface area (Å²) in [5.74, 6) is -0.250. The molecule has 0 radical (unpaired) electrons. The number of aromatic nitrogens is 2. The molecule has 1 aromatic heterocycles. The van der Waals surface area contributed by atoms with Crippen molar-refractivity contribution in [1.29, 1.82) is 0 Å². The summed E-state index contributed by atoms with van der Waals surface area (Å²) in [6, 6.07) is 8.14. The van der Waals surface area contributed by atoms with Gasteiger partial charge in [-0.3, -0.25) is 9.89 Å². The van der Waals surface area contributed by atoms with E-state index in [4.69, 9.17) is 0 Å². The number of aromatic amines is 1. The molecule has 15 heavy (non-hydrogen) atoms. The van der Waals surface area contributed by atoms with E-state index in [9.17, 15) is 9.18 Å². The number of aldehydes is 1. The van der Waals surface area contributed by atoms with Gasteiger partial charge in [0.2, 0.25) is 0 Å². The highest BCUT2D eigenvalue weighted by Crippen LogP contribution is 2.11. The average molecular weight is 204 g/mol. The summed E-state index contributed by atoms with van der Waals surface area (Å²) in [5, 5.41) is 6.43. The Hall–Kier alpha value is -1.97. The standard InChI is InChI=1S/C11H9FN2O/c12-11-4-2-1-3-8(11)5-9-6-10(7-15)14-13-9/h1-4,6-7H,5H2,(H,13,14). The Balaban J connectivity index is 2.22. The van der Waals surface area contributed by atoms with E-state index in [0.717, 1.165) is 5.69 Å². The summed E-state index contributed by atoms with van der Waals surface area (Å²) >= 11 is 0.